The molecule has 1 aliphatic heterocycles. The van der Waals surface area contributed by atoms with Crippen molar-refractivity contribution in [2.45, 2.75) is 0 Å². The first-order valence-electron chi connectivity index (χ1n) is 8.28. The molecule has 0 spiro atoms. The second kappa shape index (κ2) is 8.66. The standard InChI is InChI=1S/C17H20ClFN6O/c18-14-3-2-13(12-15(14)19)26-11-6-21-16(20)24-7-9-25(10-8-24)17-22-4-1-5-23-17/h1-5,12H,6-11H2,(H2,20,21). The fraction of sp³-hybridized carbons (Fsp3) is 0.353. The lowest BCUT2D eigenvalue weighted by Gasteiger charge is -2.35. The van der Waals surface area contributed by atoms with Crippen molar-refractivity contribution in [2.24, 2.45) is 10.7 Å². The molecule has 26 heavy (non-hydrogen) atoms. The molecule has 0 atom stereocenters. The largest absolute Gasteiger partial charge is 0.492 e. The summed E-state index contributed by atoms with van der Waals surface area (Å²) in [6, 6.07) is 6.12. The lowest BCUT2D eigenvalue weighted by atomic mass is 10.3. The van der Waals surface area contributed by atoms with E-state index in [-0.39, 0.29) is 5.02 Å². The summed E-state index contributed by atoms with van der Waals surface area (Å²) in [5.74, 6) is 1.11. The summed E-state index contributed by atoms with van der Waals surface area (Å²) in [4.78, 5) is 17.0. The van der Waals surface area contributed by atoms with Crippen molar-refractivity contribution in [1.82, 2.24) is 14.9 Å². The Morgan fingerprint density at radius 2 is 1.96 bits per heavy atom. The number of aromatic nitrogens is 2. The zero-order chi connectivity index (χ0) is 18.4. The molecule has 2 aromatic rings. The minimum absolute atomic E-state index is 0.0691. The van der Waals surface area contributed by atoms with Gasteiger partial charge in [-0.3, -0.25) is 0 Å². The Balaban J connectivity index is 1.43. The number of hydrogen-bond acceptors (Lipinski definition) is 5. The smallest absolute Gasteiger partial charge is 0.225 e. The van der Waals surface area contributed by atoms with E-state index < -0.39 is 5.82 Å². The SMILES string of the molecule is NC(=NCCOc1ccc(Cl)c(F)c1)N1CCN(c2ncccn2)CC1. The summed E-state index contributed by atoms with van der Waals surface area (Å²) in [5.41, 5.74) is 6.05. The van der Waals surface area contributed by atoms with Crippen molar-refractivity contribution in [3.05, 3.63) is 47.5 Å². The van der Waals surface area contributed by atoms with Crippen molar-refractivity contribution in [3.8, 4) is 5.75 Å². The summed E-state index contributed by atoms with van der Waals surface area (Å²) < 4.78 is 18.8. The first-order chi connectivity index (χ1) is 12.6. The molecule has 1 fully saturated rings. The Labute approximate surface area is 156 Å². The number of hydrogen-bond donors (Lipinski definition) is 1. The molecule has 7 nitrogen and oxygen atoms in total. The quantitative estimate of drug-likeness (QED) is 0.485. The van der Waals surface area contributed by atoms with Crippen LogP contribution >= 0.6 is 11.6 Å². The van der Waals surface area contributed by atoms with Gasteiger partial charge in [-0.05, 0) is 18.2 Å². The summed E-state index contributed by atoms with van der Waals surface area (Å²) in [7, 11) is 0. The van der Waals surface area contributed by atoms with Gasteiger partial charge in [-0.15, -0.1) is 0 Å². The van der Waals surface area contributed by atoms with Crippen LogP contribution in [-0.2, 0) is 0 Å². The lowest BCUT2D eigenvalue weighted by Crippen LogP contribution is -2.51. The van der Waals surface area contributed by atoms with Crippen molar-refractivity contribution in [2.75, 3.05) is 44.2 Å². The van der Waals surface area contributed by atoms with E-state index in [9.17, 15) is 4.39 Å². The van der Waals surface area contributed by atoms with Gasteiger partial charge in [0.25, 0.3) is 0 Å². The zero-order valence-electron chi connectivity index (χ0n) is 14.2. The van der Waals surface area contributed by atoms with E-state index in [1.807, 2.05) is 4.90 Å². The molecule has 2 heterocycles. The molecule has 3 rings (SSSR count). The van der Waals surface area contributed by atoms with Crippen molar-refractivity contribution < 1.29 is 9.13 Å². The van der Waals surface area contributed by atoms with Crippen molar-refractivity contribution >= 4 is 23.5 Å². The number of halogens is 2. The van der Waals surface area contributed by atoms with E-state index in [1.165, 1.54) is 12.1 Å². The minimum atomic E-state index is -0.507. The fourth-order valence-corrected chi connectivity index (χ4v) is 2.70. The number of benzene rings is 1. The van der Waals surface area contributed by atoms with E-state index in [4.69, 9.17) is 22.1 Å². The highest BCUT2D eigenvalue weighted by Gasteiger charge is 2.19. The number of piperazine rings is 1. The summed E-state index contributed by atoms with van der Waals surface area (Å²) in [6.45, 7) is 3.74. The first-order valence-corrected chi connectivity index (χ1v) is 8.66. The van der Waals surface area contributed by atoms with Gasteiger partial charge in [-0.25, -0.2) is 19.4 Å². The van der Waals surface area contributed by atoms with Gasteiger partial charge in [0.2, 0.25) is 5.95 Å². The second-order valence-corrected chi connectivity index (χ2v) is 6.09. The van der Waals surface area contributed by atoms with Crippen LogP contribution in [0.5, 0.6) is 5.75 Å². The van der Waals surface area contributed by atoms with E-state index in [0.717, 1.165) is 32.1 Å². The molecule has 2 N–H and O–H groups in total. The van der Waals surface area contributed by atoms with Crippen LogP contribution in [0.15, 0.2) is 41.7 Å². The van der Waals surface area contributed by atoms with Gasteiger partial charge in [-0.2, -0.15) is 0 Å². The molecule has 0 amide bonds. The molecule has 9 heteroatoms. The third kappa shape index (κ3) is 4.72. The van der Waals surface area contributed by atoms with Crippen molar-refractivity contribution in [1.29, 1.82) is 0 Å². The number of nitrogens with two attached hydrogens (primary N) is 1. The summed E-state index contributed by atoms with van der Waals surface area (Å²) in [6.07, 6.45) is 3.47. The molecular weight excluding hydrogens is 359 g/mol. The molecule has 1 aromatic carbocycles. The normalized spacial score (nSPS) is 15.2. The van der Waals surface area contributed by atoms with E-state index in [2.05, 4.69) is 19.9 Å². The Hall–Kier alpha value is -2.61. The first kappa shape index (κ1) is 18.2. The van der Waals surface area contributed by atoms with Crippen LogP contribution < -0.4 is 15.4 Å². The van der Waals surface area contributed by atoms with Gasteiger partial charge < -0.3 is 20.3 Å². The Bertz CT molecular complexity index is 752. The Morgan fingerprint density at radius 1 is 1.23 bits per heavy atom. The molecule has 1 aromatic heterocycles. The second-order valence-electron chi connectivity index (χ2n) is 5.69. The van der Waals surface area contributed by atoms with Crippen LogP contribution in [0.1, 0.15) is 0 Å². The maximum Gasteiger partial charge on any atom is 0.225 e. The number of nitrogens with zero attached hydrogens (tertiary/aromatic N) is 5. The van der Waals surface area contributed by atoms with Crippen molar-refractivity contribution in [3.63, 3.8) is 0 Å². The van der Waals surface area contributed by atoms with Crippen LogP contribution in [0, 0.1) is 5.82 Å². The summed E-state index contributed by atoms with van der Waals surface area (Å²) >= 11 is 5.63. The highest BCUT2D eigenvalue weighted by Crippen LogP contribution is 2.20. The van der Waals surface area contributed by atoms with Crippen LogP contribution in [0.3, 0.4) is 0 Å². The fourth-order valence-electron chi connectivity index (χ4n) is 2.58. The molecule has 1 saturated heterocycles. The van der Waals surface area contributed by atoms with E-state index >= 15 is 0 Å². The number of anilines is 1. The third-order valence-corrected chi connectivity index (χ3v) is 4.27. The predicted octanol–water partition coefficient (Wildman–Crippen LogP) is 1.78. The zero-order valence-corrected chi connectivity index (χ0v) is 14.9. The molecule has 1 aliphatic rings. The highest BCUT2D eigenvalue weighted by atomic mass is 35.5. The maximum atomic E-state index is 13.3. The molecule has 138 valence electrons. The monoisotopic (exact) mass is 378 g/mol. The third-order valence-electron chi connectivity index (χ3n) is 3.96. The van der Waals surface area contributed by atoms with Gasteiger partial charge in [0, 0.05) is 44.6 Å². The highest BCUT2D eigenvalue weighted by molar-refractivity contribution is 6.30. The van der Waals surface area contributed by atoms with Gasteiger partial charge in [-0.1, -0.05) is 11.6 Å². The minimum Gasteiger partial charge on any atom is -0.492 e. The lowest BCUT2D eigenvalue weighted by molar-refractivity contribution is 0.324. The number of ether oxygens (including phenoxy) is 1. The van der Waals surface area contributed by atoms with Gasteiger partial charge in [0.1, 0.15) is 18.2 Å². The number of guanidine groups is 1. The average molecular weight is 379 g/mol. The number of rotatable bonds is 5. The van der Waals surface area contributed by atoms with E-state index in [0.29, 0.717) is 24.9 Å². The average Bonchev–Trinajstić information content (AvgIpc) is 2.68. The van der Waals surface area contributed by atoms with Crippen LogP contribution in [0.2, 0.25) is 5.02 Å². The Morgan fingerprint density at radius 3 is 2.65 bits per heavy atom. The molecule has 0 radical (unpaired) electrons. The number of aliphatic imine (C=N–C) groups is 1. The molecule has 0 saturated carbocycles. The van der Waals surface area contributed by atoms with Gasteiger partial charge in [0.15, 0.2) is 5.96 Å². The Kier molecular flexibility index (Phi) is 6.06. The molecule has 0 bridgehead atoms. The predicted molar refractivity (Wildman–Crippen MR) is 99.2 cm³/mol. The van der Waals surface area contributed by atoms with Crippen LogP contribution in [0.25, 0.3) is 0 Å². The topological polar surface area (TPSA) is 79.9 Å². The van der Waals surface area contributed by atoms with Gasteiger partial charge in [0.05, 0.1) is 11.6 Å². The molecule has 0 aliphatic carbocycles. The maximum absolute atomic E-state index is 13.3. The van der Waals surface area contributed by atoms with Crippen LogP contribution in [-0.4, -0.2) is 60.2 Å². The molecule has 0 unspecified atom stereocenters. The molecular formula is C17H20ClFN6O. The van der Waals surface area contributed by atoms with E-state index in [1.54, 1.807) is 24.5 Å². The van der Waals surface area contributed by atoms with Crippen LogP contribution in [0.4, 0.5) is 10.3 Å². The summed E-state index contributed by atoms with van der Waals surface area (Å²) in [5, 5.41) is 0.0691. The van der Waals surface area contributed by atoms with Gasteiger partial charge >= 0.3 is 0 Å².